The number of benzene rings is 1. The molecule has 5 nitrogen and oxygen atoms in total. The van der Waals surface area contributed by atoms with E-state index in [1.165, 1.54) is 12.0 Å². The third-order valence-electron chi connectivity index (χ3n) is 6.79. The number of fused-ring (bicyclic) bond motifs is 2. The summed E-state index contributed by atoms with van der Waals surface area (Å²) in [5.41, 5.74) is 8.49. The second-order valence-electron chi connectivity index (χ2n) is 8.78. The molecule has 3 unspecified atom stereocenters. The zero-order chi connectivity index (χ0) is 19.0. The van der Waals surface area contributed by atoms with Crippen molar-refractivity contribution < 1.29 is 9.59 Å². The van der Waals surface area contributed by atoms with E-state index in [1.807, 2.05) is 19.1 Å². The number of rotatable bonds is 4. The highest BCUT2D eigenvalue weighted by molar-refractivity contribution is 5.91. The Morgan fingerprint density at radius 3 is 2.43 bits per heavy atom. The Labute approximate surface area is 173 Å². The van der Waals surface area contributed by atoms with Crippen LogP contribution in [-0.2, 0) is 16.1 Å². The summed E-state index contributed by atoms with van der Waals surface area (Å²) < 4.78 is 0. The number of nitrogens with zero attached hydrogens (tertiary/aromatic N) is 1. The SMILES string of the molecule is Cc1ccc(CN2C(=O)CCC2C(=O)NC2C3CCCC2CC(N)C3)cc1.Cl. The zero-order valence-corrected chi connectivity index (χ0v) is 17.4. The van der Waals surface area contributed by atoms with Gasteiger partial charge in [0.1, 0.15) is 6.04 Å². The Bertz CT molecular complexity index is 694. The highest BCUT2D eigenvalue weighted by Crippen LogP contribution is 2.40. The molecule has 1 heterocycles. The number of hydrogen-bond acceptors (Lipinski definition) is 3. The van der Waals surface area contributed by atoms with Crippen molar-refractivity contribution in [1.29, 1.82) is 0 Å². The summed E-state index contributed by atoms with van der Waals surface area (Å²) in [6.07, 6.45) is 6.67. The predicted molar refractivity (Wildman–Crippen MR) is 112 cm³/mol. The van der Waals surface area contributed by atoms with Crippen LogP contribution in [0.3, 0.4) is 0 Å². The average molecular weight is 406 g/mol. The Morgan fingerprint density at radius 1 is 1.14 bits per heavy atom. The van der Waals surface area contributed by atoms with Crippen molar-refractivity contribution in [3.8, 4) is 0 Å². The Balaban J connectivity index is 0.00000225. The van der Waals surface area contributed by atoms with E-state index >= 15 is 0 Å². The Kier molecular flexibility index (Phi) is 6.66. The third-order valence-corrected chi connectivity index (χ3v) is 6.79. The van der Waals surface area contributed by atoms with Gasteiger partial charge >= 0.3 is 0 Å². The molecule has 1 aromatic carbocycles. The van der Waals surface area contributed by atoms with E-state index < -0.39 is 0 Å². The molecule has 1 aromatic rings. The van der Waals surface area contributed by atoms with Crippen LogP contribution in [0, 0.1) is 18.8 Å². The number of carbonyl (C=O) groups excluding carboxylic acids is 2. The molecule has 3 atom stereocenters. The van der Waals surface area contributed by atoms with Gasteiger partial charge in [0.05, 0.1) is 0 Å². The number of nitrogens with one attached hydrogen (secondary N) is 1. The first kappa shape index (κ1) is 21.1. The van der Waals surface area contributed by atoms with E-state index in [1.54, 1.807) is 4.90 Å². The normalized spacial score (nSPS) is 32.0. The van der Waals surface area contributed by atoms with Crippen molar-refractivity contribution in [3.63, 3.8) is 0 Å². The number of halogens is 1. The van der Waals surface area contributed by atoms with Crippen LogP contribution in [0.15, 0.2) is 24.3 Å². The van der Waals surface area contributed by atoms with E-state index in [9.17, 15) is 9.59 Å². The highest BCUT2D eigenvalue weighted by atomic mass is 35.5. The van der Waals surface area contributed by atoms with Crippen molar-refractivity contribution in [3.05, 3.63) is 35.4 Å². The molecule has 1 aliphatic heterocycles. The smallest absolute Gasteiger partial charge is 0.243 e. The van der Waals surface area contributed by atoms with Crippen LogP contribution in [0.4, 0.5) is 0 Å². The number of likely N-dealkylation sites (tertiary alicyclic amines) is 1. The summed E-state index contributed by atoms with van der Waals surface area (Å²) in [4.78, 5) is 27.3. The second kappa shape index (κ2) is 8.83. The lowest BCUT2D eigenvalue weighted by atomic mass is 9.67. The summed E-state index contributed by atoms with van der Waals surface area (Å²) in [7, 11) is 0. The van der Waals surface area contributed by atoms with Crippen LogP contribution in [-0.4, -0.2) is 34.8 Å². The van der Waals surface area contributed by atoms with E-state index in [0.717, 1.165) is 31.2 Å². The fourth-order valence-electron chi connectivity index (χ4n) is 5.38. The first-order valence-electron chi connectivity index (χ1n) is 10.4. The fraction of sp³-hybridized carbons (Fsp3) is 0.636. The van der Waals surface area contributed by atoms with Gasteiger partial charge in [-0.05, 0) is 56.4 Å². The first-order valence-corrected chi connectivity index (χ1v) is 10.4. The van der Waals surface area contributed by atoms with E-state index in [4.69, 9.17) is 5.73 Å². The molecule has 0 radical (unpaired) electrons. The molecule has 3 aliphatic rings. The fourth-order valence-corrected chi connectivity index (χ4v) is 5.38. The van der Waals surface area contributed by atoms with Gasteiger partial charge < -0.3 is 16.0 Å². The van der Waals surface area contributed by atoms with E-state index in [0.29, 0.717) is 31.2 Å². The van der Waals surface area contributed by atoms with Crippen molar-refractivity contribution in [2.24, 2.45) is 17.6 Å². The molecule has 6 heteroatoms. The van der Waals surface area contributed by atoms with Gasteiger partial charge in [-0.2, -0.15) is 0 Å². The number of aryl methyl sites for hydroxylation is 1. The van der Waals surface area contributed by atoms with E-state index in [-0.39, 0.29) is 42.3 Å². The van der Waals surface area contributed by atoms with Crippen molar-refractivity contribution in [2.45, 2.75) is 76.5 Å². The molecule has 3 N–H and O–H groups in total. The largest absolute Gasteiger partial charge is 0.351 e. The zero-order valence-electron chi connectivity index (χ0n) is 16.6. The van der Waals surface area contributed by atoms with Crippen molar-refractivity contribution >= 4 is 24.2 Å². The lowest BCUT2D eigenvalue weighted by Crippen LogP contribution is -2.56. The summed E-state index contributed by atoms with van der Waals surface area (Å²) in [5.74, 6) is 1.12. The van der Waals surface area contributed by atoms with E-state index in [2.05, 4.69) is 17.4 Å². The van der Waals surface area contributed by atoms with Crippen LogP contribution in [0.1, 0.15) is 56.1 Å². The Hall–Kier alpha value is -1.59. The standard InChI is InChI=1S/C22H31N3O2.ClH/c1-14-5-7-15(8-6-14)13-25-19(9-10-20(25)26)22(27)24-21-16-3-2-4-17(21)12-18(23)11-16;/h5-8,16-19,21H,2-4,9-13,23H2,1H3,(H,24,27);1H. The molecule has 0 aromatic heterocycles. The summed E-state index contributed by atoms with van der Waals surface area (Å²) in [5, 5.41) is 3.34. The van der Waals surface area contributed by atoms with Gasteiger partial charge in [-0.25, -0.2) is 0 Å². The molecule has 2 bridgehead atoms. The minimum atomic E-state index is -0.338. The molecule has 4 rings (SSSR count). The molecule has 1 saturated heterocycles. The minimum Gasteiger partial charge on any atom is -0.351 e. The number of carbonyl (C=O) groups is 2. The summed E-state index contributed by atoms with van der Waals surface area (Å²) in [6, 6.07) is 8.37. The van der Waals surface area contributed by atoms with Crippen molar-refractivity contribution in [1.82, 2.24) is 10.2 Å². The first-order chi connectivity index (χ1) is 13.0. The Morgan fingerprint density at radius 2 is 1.79 bits per heavy atom. The lowest BCUT2D eigenvalue weighted by Gasteiger charge is -2.45. The monoisotopic (exact) mass is 405 g/mol. The summed E-state index contributed by atoms with van der Waals surface area (Å²) in [6.45, 7) is 2.56. The molecule has 2 saturated carbocycles. The summed E-state index contributed by atoms with van der Waals surface area (Å²) >= 11 is 0. The van der Waals surface area contributed by atoms with Gasteiger partial charge in [-0.3, -0.25) is 9.59 Å². The van der Waals surface area contributed by atoms with Crippen LogP contribution in [0.25, 0.3) is 0 Å². The lowest BCUT2D eigenvalue weighted by molar-refractivity contribution is -0.136. The molecule has 3 fully saturated rings. The molecular weight excluding hydrogens is 374 g/mol. The molecule has 0 spiro atoms. The third kappa shape index (κ3) is 4.36. The van der Waals surface area contributed by atoms with Gasteiger partial charge in [-0.15, -0.1) is 12.4 Å². The number of nitrogens with two attached hydrogens (primary N) is 1. The molecule has 28 heavy (non-hydrogen) atoms. The molecule has 2 aliphatic carbocycles. The minimum absolute atomic E-state index is 0. The molecular formula is C22H32ClN3O2. The van der Waals surface area contributed by atoms with Crippen LogP contribution < -0.4 is 11.1 Å². The maximum absolute atomic E-state index is 13.1. The quantitative estimate of drug-likeness (QED) is 0.808. The highest BCUT2D eigenvalue weighted by Gasteiger charge is 2.42. The number of amides is 2. The number of hydrogen-bond donors (Lipinski definition) is 2. The van der Waals surface area contributed by atoms with Crippen LogP contribution in [0.5, 0.6) is 0 Å². The van der Waals surface area contributed by atoms with Gasteiger partial charge in [0.15, 0.2) is 0 Å². The second-order valence-corrected chi connectivity index (χ2v) is 8.78. The van der Waals surface area contributed by atoms with Crippen molar-refractivity contribution in [2.75, 3.05) is 0 Å². The van der Waals surface area contributed by atoms with Gasteiger partial charge in [0.2, 0.25) is 11.8 Å². The van der Waals surface area contributed by atoms with Gasteiger partial charge in [-0.1, -0.05) is 36.2 Å². The maximum atomic E-state index is 13.1. The van der Waals surface area contributed by atoms with Crippen LogP contribution in [0.2, 0.25) is 0 Å². The predicted octanol–water partition coefficient (Wildman–Crippen LogP) is 2.93. The maximum Gasteiger partial charge on any atom is 0.243 e. The molecule has 154 valence electrons. The molecule has 2 amide bonds. The average Bonchev–Trinajstić information content (AvgIpc) is 2.98. The van der Waals surface area contributed by atoms with Gasteiger partial charge in [0, 0.05) is 25.0 Å². The topological polar surface area (TPSA) is 75.4 Å². The van der Waals surface area contributed by atoms with Gasteiger partial charge in [0.25, 0.3) is 0 Å². The van der Waals surface area contributed by atoms with Crippen LogP contribution >= 0.6 is 12.4 Å².